The molecule has 0 fully saturated rings. The first-order valence-electron chi connectivity index (χ1n) is 17.8. The van der Waals surface area contributed by atoms with Gasteiger partial charge >= 0.3 is 0 Å². The summed E-state index contributed by atoms with van der Waals surface area (Å²) in [5.41, 5.74) is 2.31. The van der Waals surface area contributed by atoms with E-state index in [0.717, 1.165) is 40.0 Å². The van der Waals surface area contributed by atoms with Crippen molar-refractivity contribution in [1.82, 2.24) is 29.6 Å². The number of quaternary nitrogens is 1. The standard InChI is InChI=1S/C39H43N8O6S/c1-47(2,3)22-21-43(19-20-46-37(49)30-10-5-8-28-33(44-17-14-42-25-44)12-11-31(35(28)30)38(46)50)16-6-13-41-15-18-45-36(48)29-9-4-7-26-23-27(54(40,52)53)24-32(34(26)29)39(45)51/h4-5,7-12,14,17,23-25,41H,6,13,15-16,18-22H2,1-3H3,(H2,40,52,53)/q+1. The number of sulfonamides is 1. The number of carbonyl (C=O) groups excluding carboxylic acids is 4. The van der Waals surface area contributed by atoms with Crippen LogP contribution in [0, 0.1) is 0 Å². The average molecular weight is 752 g/mol. The SMILES string of the molecule is C[N+](C)(C)CCN(CCCNCCN1C(=O)c2cccc3cc(S(N)(=O)=O)cc(c23)C1=O)CCN1C(=O)c2cccc3c(-n4ccnc4)ccc(c23)C1=O. The molecule has 15 heteroatoms. The lowest BCUT2D eigenvalue weighted by Crippen LogP contribution is -2.47. The van der Waals surface area contributed by atoms with E-state index < -0.39 is 21.8 Å². The Hall–Kier alpha value is -5.32. The van der Waals surface area contributed by atoms with Crippen LogP contribution in [-0.2, 0) is 10.0 Å². The number of nitrogens with one attached hydrogen (secondary N) is 1. The molecule has 4 aromatic carbocycles. The Labute approximate surface area is 313 Å². The van der Waals surface area contributed by atoms with Crippen molar-refractivity contribution in [2.75, 3.05) is 73.5 Å². The van der Waals surface area contributed by atoms with Crippen molar-refractivity contribution in [2.45, 2.75) is 11.3 Å². The Morgan fingerprint density at radius 3 is 2.11 bits per heavy atom. The van der Waals surface area contributed by atoms with E-state index in [1.807, 2.05) is 29.0 Å². The van der Waals surface area contributed by atoms with Crippen LogP contribution >= 0.6 is 0 Å². The molecular formula is C39H43N8O6S+. The van der Waals surface area contributed by atoms with Gasteiger partial charge in [-0.15, -0.1) is 0 Å². The van der Waals surface area contributed by atoms with Crippen molar-refractivity contribution in [3.05, 3.63) is 102 Å². The summed E-state index contributed by atoms with van der Waals surface area (Å²) in [4.78, 5) is 63.1. The van der Waals surface area contributed by atoms with Crippen LogP contribution in [0.4, 0.5) is 0 Å². The third kappa shape index (κ3) is 7.15. The van der Waals surface area contributed by atoms with E-state index >= 15 is 0 Å². The van der Waals surface area contributed by atoms with Gasteiger partial charge in [0.15, 0.2) is 0 Å². The molecule has 0 bridgehead atoms. The smallest absolute Gasteiger partial charge is 0.261 e. The van der Waals surface area contributed by atoms with E-state index in [4.69, 9.17) is 5.14 Å². The summed E-state index contributed by atoms with van der Waals surface area (Å²) in [5, 5.41) is 11.1. The highest BCUT2D eigenvalue weighted by molar-refractivity contribution is 7.89. The number of benzene rings is 4. The molecule has 0 saturated carbocycles. The zero-order valence-corrected chi connectivity index (χ0v) is 31.3. The van der Waals surface area contributed by atoms with Crippen molar-refractivity contribution in [3.8, 4) is 5.69 Å². The fraction of sp³-hybridized carbons (Fsp3) is 0.308. The van der Waals surface area contributed by atoms with E-state index in [1.165, 1.54) is 17.0 Å². The monoisotopic (exact) mass is 751 g/mol. The molecule has 1 aromatic heterocycles. The summed E-state index contributed by atoms with van der Waals surface area (Å²) >= 11 is 0. The van der Waals surface area contributed by atoms with Gasteiger partial charge in [0.25, 0.3) is 23.6 Å². The van der Waals surface area contributed by atoms with Gasteiger partial charge in [-0.3, -0.25) is 33.9 Å². The highest BCUT2D eigenvalue weighted by atomic mass is 32.2. The maximum Gasteiger partial charge on any atom is 0.261 e. The summed E-state index contributed by atoms with van der Waals surface area (Å²) in [6.07, 6.45) is 5.94. The second kappa shape index (κ2) is 14.5. The number of imide groups is 2. The largest absolute Gasteiger partial charge is 0.330 e. The molecule has 0 aliphatic carbocycles. The summed E-state index contributed by atoms with van der Waals surface area (Å²) < 4.78 is 26.9. The molecule has 3 N–H and O–H groups in total. The number of nitrogens with two attached hydrogens (primary N) is 1. The van der Waals surface area contributed by atoms with Crippen LogP contribution in [0.25, 0.3) is 27.2 Å². The maximum atomic E-state index is 13.8. The first kappa shape index (κ1) is 37.0. The van der Waals surface area contributed by atoms with Crippen LogP contribution in [0.5, 0.6) is 0 Å². The molecule has 7 rings (SSSR count). The molecule has 2 aliphatic rings. The Kier molecular flexibility index (Phi) is 9.93. The molecule has 54 heavy (non-hydrogen) atoms. The number of hydrogen-bond donors (Lipinski definition) is 2. The zero-order chi connectivity index (χ0) is 38.4. The molecule has 0 unspecified atom stereocenters. The number of carbonyl (C=O) groups is 4. The average Bonchev–Trinajstić information content (AvgIpc) is 3.67. The number of hydrogen-bond acceptors (Lipinski definition) is 9. The predicted octanol–water partition coefficient (Wildman–Crippen LogP) is 2.71. The second-order valence-electron chi connectivity index (χ2n) is 14.7. The molecule has 0 saturated heterocycles. The molecule has 280 valence electrons. The van der Waals surface area contributed by atoms with Gasteiger partial charge in [-0.2, -0.15) is 0 Å². The lowest BCUT2D eigenvalue weighted by Gasteiger charge is -2.32. The topological polar surface area (TPSA) is 168 Å². The molecule has 0 spiro atoms. The number of imidazole rings is 1. The summed E-state index contributed by atoms with van der Waals surface area (Å²) in [6, 6.07) is 16.8. The van der Waals surface area contributed by atoms with Crippen molar-refractivity contribution in [3.63, 3.8) is 0 Å². The van der Waals surface area contributed by atoms with Crippen LogP contribution in [0.2, 0.25) is 0 Å². The molecule has 0 atom stereocenters. The van der Waals surface area contributed by atoms with Crippen LogP contribution in [-0.4, -0.2) is 134 Å². The number of aromatic nitrogens is 2. The van der Waals surface area contributed by atoms with Gasteiger partial charge in [-0.1, -0.05) is 24.3 Å². The summed E-state index contributed by atoms with van der Waals surface area (Å²) in [6.45, 7) is 4.06. The number of likely N-dealkylation sites (N-methyl/N-ethyl adjacent to an activating group) is 1. The third-order valence-electron chi connectivity index (χ3n) is 10.0. The van der Waals surface area contributed by atoms with E-state index in [9.17, 15) is 27.6 Å². The van der Waals surface area contributed by atoms with Gasteiger partial charge in [-0.05, 0) is 61.3 Å². The van der Waals surface area contributed by atoms with Crippen molar-refractivity contribution in [1.29, 1.82) is 0 Å². The van der Waals surface area contributed by atoms with Crippen LogP contribution in [0.1, 0.15) is 47.9 Å². The summed E-state index contributed by atoms with van der Waals surface area (Å²) in [7, 11) is 2.27. The van der Waals surface area contributed by atoms with E-state index in [0.29, 0.717) is 59.0 Å². The van der Waals surface area contributed by atoms with Gasteiger partial charge in [0.2, 0.25) is 10.0 Å². The number of rotatable bonds is 15. The van der Waals surface area contributed by atoms with Crippen LogP contribution in [0.15, 0.2) is 84.3 Å². The lowest BCUT2D eigenvalue weighted by molar-refractivity contribution is -0.869. The maximum absolute atomic E-state index is 13.8. The van der Waals surface area contributed by atoms with Gasteiger partial charge in [0.05, 0.1) is 44.6 Å². The van der Waals surface area contributed by atoms with E-state index in [-0.39, 0.29) is 35.4 Å². The van der Waals surface area contributed by atoms with Gasteiger partial charge in [0, 0.05) is 83.5 Å². The Morgan fingerprint density at radius 2 is 1.43 bits per heavy atom. The number of nitrogens with zero attached hydrogens (tertiary/aromatic N) is 6. The molecule has 14 nitrogen and oxygen atoms in total. The molecule has 5 aromatic rings. The molecule has 3 heterocycles. The van der Waals surface area contributed by atoms with Crippen molar-refractivity contribution >= 4 is 55.2 Å². The van der Waals surface area contributed by atoms with Gasteiger partial charge in [-0.25, -0.2) is 18.5 Å². The second-order valence-corrected chi connectivity index (χ2v) is 16.3. The zero-order valence-electron chi connectivity index (χ0n) is 30.5. The number of primary sulfonamides is 1. The Balaban J connectivity index is 0.971. The van der Waals surface area contributed by atoms with E-state index in [1.54, 1.807) is 42.9 Å². The number of amides is 4. The minimum absolute atomic E-state index is 0.0928. The van der Waals surface area contributed by atoms with Crippen LogP contribution in [0.3, 0.4) is 0 Å². The van der Waals surface area contributed by atoms with Gasteiger partial charge in [0.1, 0.15) is 0 Å². The first-order valence-corrected chi connectivity index (χ1v) is 19.4. The minimum Gasteiger partial charge on any atom is -0.330 e. The molecule has 2 aliphatic heterocycles. The van der Waals surface area contributed by atoms with Crippen molar-refractivity contribution in [2.24, 2.45) is 5.14 Å². The normalized spacial score (nSPS) is 14.7. The summed E-state index contributed by atoms with van der Waals surface area (Å²) in [5.74, 6) is -1.62. The van der Waals surface area contributed by atoms with E-state index in [2.05, 4.69) is 36.3 Å². The predicted molar refractivity (Wildman–Crippen MR) is 204 cm³/mol. The Morgan fingerprint density at radius 1 is 0.759 bits per heavy atom. The molecule has 4 amide bonds. The molecular weight excluding hydrogens is 709 g/mol. The highest BCUT2D eigenvalue weighted by Crippen LogP contribution is 2.34. The highest BCUT2D eigenvalue weighted by Gasteiger charge is 2.35. The first-order chi connectivity index (χ1) is 25.7. The minimum atomic E-state index is -4.07. The third-order valence-corrected chi connectivity index (χ3v) is 10.9. The van der Waals surface area contributed by atoms with Crippen molar-refractivity contribution < 1.29 is 32.1 Å². The molecule has 0 radical (unpaired) electrons. The fourth-order valence-corrected chi connectivity index (χ4v) is 7.79. The van der Waals surface area contributed by atoms with Crippen LogP contribution < -0.4 is 10.5 Å². The Bertz CT molecular complexity index is 2400. The van der Waals surface area contributed by atoms with Gasteiger partial charge < -0.3 is 14.4 Å². The fourth-order valence-electron chi connectivity index (χ4n) is 7.22. The lowest BCUT2D eigenvalue weighted by atomic mass is 9.93. The quantitative estimate of drug-likeness (QED) is 0.0929.